The van der Waals surface area contributed by atoms with Gasteiger partial charge in [-0.1, -0.05) is 43.3 Å². The zero-order valence-corrected chi connectivity index (χ0v) is 17.6. The van der Waals surface area contributed by atoms with Crippen molar-refractivity contribution in [3.8, 4) is 33.9 Å². The van der Waals surface area contributed by atoms with Gasteiger partial charge in [-0.25, -0.2) is 0 Å². The van der Waals surface area contributed by atoms with Crippen LogP contribution < -0.4 is 0 Å². The molecule has 1 aromatic heterocycles. The van der Waals surface area contributed by atoms with Gasteiger partial charge in [0, 0.05) is 25.7 Å². The van der Waals surface area contributed by atoms with E-state index < -0.39 is 0 Å². The van der Waals surface area contributed by atoms with Gasteiger partial charge in [0.1, 0.15) is 11.5 Å². The smallest absolute Gasteiger partial charge is 0.257 e. The molecule has 3 aromatic rings. The van der Waals surface area contributed by atoms with Crippen LogP contribution in [0.3, 0.4) is 0 Å². The summed E-state index contributed by atoms with van der Waals surface area (Å²) in [7, 11) is 0. The van der Waals surface area contributed by atoms with E-state index in [1.165, 1.54) is 6.07 Å². The lowest BCUT2D eigenvalue weighted by molar-refractivity contribution is 0.0342. The molecule has 0 saturated carbocycles. The third kappa shape index (κ3) is 4.33. The van der Waals surface area contributed by atoms with Crippen LogP contribution >= 0.6 is 0 Å². The van der Waals surface area contributed by atoms with Crippen LogP contribution in [0, 0.1) is 0 Å². The van der Waals surface area contributed by atoms with Crippen molar-refractivity contribution in [2.24, 2.45) is 0 Å². The van der Waals surface area contributed by atoms with Gasteiger partial charge >= 0.3 is 0 Å². The van der Waals surface area contributed by atoms with Crippen LogP contribution in [0.4, 0.5) is 0 Å². The number of ether oxygens (including phenoxy) is 1. The number of hydrogen-bond acceptors (Lipinski definition) is 7. The number of benzene rings is 2. The number of carbonyl (C=O) groups excluding carboxylic acids is 1. The summed E-state index contributed by atoms with van der Waals surface area (Å²) in [6.45, 7) is 8.00. The first-order valence-corrected chi connectivity index (χ1v) is 10.3. The van der Waals surface area contributed by atoms with Gasteiger partial charge in [0.15, 0.2) is 11.5 Å². The van der Waals surface area contributed by atoms with Crippen LogP contribution in [0.2, 0.25) is 0 Å². The maximum absolute atomic E-state index is 11.5. The Kier molecular flexibility index (Phi) is 6.06. The molecule has 161 valence electrons. The quantitative estimate of drug-likeness (QED) is 0.624. The molecule has 1 saturated heterocycles. The topological polar surface area (TPSA) is 96.0 Å². The maximum Gasteiger partial charge on any atom is 0.257 e. The zero-order valence-electron chi connectivity index (χ0n) is 17.6. The third-order valence-corrected chi connectivity index (χ3v) is 5.55. The molecule has 2 N–H and O–H groups in total. The summed E-state index contributed by atoms with van der Waals surface area (Å²) in [4.78, 5) is 13.8. The normalized spacial score (nSPS) is 14.8. The Morgan fingerprint density at radius 1 is 1.10 bits per heavy atom. The molecule has 0 spiro atoms. The molecule has 1 aliphatic rings. The average Bonchev–Trinajstić information content (AvgIpc) is 3.18. The fraction of sp³-hybridized carbons (Fsp3) is 0.333. The van der Waals surface area contributed by atoms with E-state index in [1.54, 1.807) is 6.07 Å². The second-order valence-electron chi connectivity index (χ2n) is 8.01. The number of aromatic hydroxyl groups is 2. The van der Waals surface area contributed by atoms with Gasteiger partial charge in [-0.15, -0.1) is 0 Å². The first kappa shape index (κ1) is 21.1. The minimum Gasteiger partial charge on any atom is -0.508 e. The molecule has 2 aromatic carbocycles. The number of phenolic OH excluding ortho intramolecular Hbond substituents is 2. The standard InChI is InChI=1S/C24H25N2O5/c1-15(2)18-11-19(22(29)12-21(18)28)24-23(20(14-27)25-31-24)17-5-3-16(4-6-17)13-26-7-9-30-10-8-26/h3-6,11-12,15,28-29H,7-10,13H2,1-2H3. The van der Waals surface area contributed by atoms with Gasteiger partial charge in [0.25, 0.3) is 6.29 Å². The minimum absolute atomic E-state index is 0.00644. The van der Waals surface area contributed by atoms with Crippen LogP contribution in [0.25, 0.3) is 22.5 Å². The molecule has 4 rings (SSSR count). The Morgan fingerprint density at radius 2 is 1.81 bits per heavy atom. The SMILES string of the molecule is CC(C)c1cc(-c2onc([C]=O)c2-c2ccc(CN3CCOCC3)cc2)c(O)cc1O. The predicted molar refractivity (Wildman–Crippen MR) is 116 cm³/mol. The molecule has 0 atom stereocenters. The van der Waals surface area contributed by atoms with E-state index >= 15 is 0 Å². The largest absolute Gasteiger partial charge is 0.508 e. The van der Waals surface area contributed by atoms with Crippen LogP contribution in [0.5, 0.6) is 11.5 Å². The highest BCUT2D eigenvalue weighted by Crippen LogP contribution is 2.42. The van der Waals surface area contributed by atoms with Gasteiger partial charge in [0.05, 0.1) is 24.3 Å². The van der Waals surface area contributed by atoms with E-state index in [0.29, 0.717) is 16.7 Å². The zero-order chi connectivity index (χ0) is 22.0. The molecule has 1 aliphatic heterocycles. The summed E-state index contributed by atoms with van der Waals surface area (Å²) < 4.78 is 10.9. The van der Waals surface area contributed by atoms with Crippen molar-refractivity contribution in [3.63, 3.8) is 0 Å². The monoisotopic (exact) mass is 421 g/mol. The van der Waals surface area contributed by atoms with Gasteiger partial charge < -0.3 is 19.5 Å². The first-order chi connectivity index (χ1) is 15.0. The Morgan fingerprint density at radius 3 is 2.45 bits per heavy atom. The second kappa shape index (κ2) is 8.91. The van der Waals surface area contributed by atoms with Crippen molar-refractivity contribution in [3.05, 3.63) is 53.2 Å². The lowest BCUT2D eigenvalue weighted by Crippen LogP contribution is -2.35. The number of morpholine rings is 1. The molecule has 0 amide bonds. The highest BCUT2D eigenvalue weighted by molar-refractivity contribution is 5.93. The molecular weight excluding hydrogens is 396 g/mol. The fourth-order valence-electron chi connectivity index (χ4n) is 3.84. The summed E-state index contributed by atoms with van der Waals surface area (Å²) in [5, 5.41) is 24.5. The average molecular weight is 421 g/mol. The van der Waals surface area contributed by atoms with E-state index in [2.05, 4.69) is 10.1 Å². The van der Waals surface area contributed by atoms with Crippen molar-refractivity contribution in [1.29, 1.82) is 0 Å². The van der Waals surface area contributed by atoms with Crippen molar-refractivity contribution < 1.29 is 24.3 Å². The molecule has 0 bridgehead atoms. The third-order valence-electron chi connectivity index (χ3n) is 5.55. The van der Waals surface area contributed by atoms with E-state index in [1.807, 2.05) is 44.4 Å². The van der Waals surface area contributed by atoms with Crippen molar-refractivity contribution in [2.75, 3.05) is 26.3 Å². The number of rotatable bonds is 6. The maximum atomic E-state index is 11.5. The minimum atomic E-state index is -0.152. The van der Waals surface area contributed by atoms with Crippen LogP contribution in [-0.4, -0.2) is 52.9 Å². The molecule has 31 heavy (non-hydrogen) atoms. The van der Waals surface area contributed by atoms with Crippen LogP contribution in [-0.2, 0) is 16.1 Å². The predicted octanol–water partition coefficient (Wildman–Crippen LogP) is 3.83. The molecule has 0 unspecified atom stereocenters. The number of phenols is 2. The summed E-state index contributed by atoms with van der Waals surface area (Å²) in [5.74, 6) is 0.147. The van der Waals surface area contributed by atoms with Gasteiger partial charge in [-0.3, -0.25) is 9.69 Å². The Balaban J connectivity index is 1.71. The lowest BCUT2D eigenvalue weighted by atomic mass is 9.94. The molecule has 2 heterocycles. The summed E-state index contributed by atoms with van der Waals surface area (Å²) in [5.41, 5.74) is 3.41. The molecule has 0 aliphatic carbocycles. The van der Waals surface area contributed by atoms with Gasteiger partial charge in [-0.2, -0.15) is 0 Å². The Hall–Kier alpha value is -3.16. The van der Waals surface area contributed by atoms with E-state index in [4.69, 9.17) is 9.26 Å². The molecule has 1 radical (unpaired) electrons. The summed E-state index contributed by atoms with van der Waals surface area (Å²) >= 11 is 0. The Bertz CT molecular complexity index is 1070. The van der Waals surface area contributed by atoms with E-state index in [0.717, 1.165) is 44.0 Å². The van der Waals surface area contributed by atoms with Gasteiger partial charge in [0.2, 0.25) is 0 Å². The first-order valence-electron chi connectivity index (χ1n) is 10.3. The lowest BCUT2D eigenvalue weighted by Gasteiger charge is -2.26. The van der Waals surface area contributed by atoms with Crippen molar-refractivity contribution in [1.82, 2.24) is 10.1 Å². The number of aromatic nitrogens is 1. The number of hydrogen-bond donors (Lipinski definition) is 2. The Labute approximate surface area is 180 Å². The molecule has 1 fully saturated rings. The molecule has 7 nitrogen and oxygen atoms in total. The summed E-state index contributed by atoms with van der Waals surface area (Å²) in [6, 6.07) is 10.8. The highest BCUT2D eigenvalue weighted by Gasteiger charge is 2.24. The highest BCUT2D eigenvalue weighted by atomic mass is 16.5. The molecule has 7 heteroatoms. The fourth-order valence-corrected chi connectivity index (χ4v) is 3.84. The van der Waals surface area contributed by atoms with Crippen LogP contribution in [0.15, 0.2) is 40.9 Å². The van der Waals surface area contributed by atoms with Crippen molar-refractivity contribution in [2.45, 2.75) is 26.3 Å². The van der Waals surface area contributed by atoms with Gasteiger partial charge in [-0.05, 0) is 28.7 Å². The van der Waals surface area contributed by atoms with Crippen LogP contribution in [0.1, 0.15) is 36.6 Å². The van der Waals surface area contributed by atoms with E-state index in [9.17, 15) is 15.0 Å². The van der Waals surface area contributed by atoms with Crippen molar-refractivity contribution >= 4 is 6.29 Å². The summed E-state index contributed by atoms with van der Waals surface area (Å²) in [6.07, 6.45) is 1.82. The van der Waals surface area contributed by atoms with E-state index in [-0.39, 0.29) is 28.9 Å². The second-order valence-corrected chi connectivity index (χ2v) is 8.01. The molecular formula is C24H25N2O5. The number of nitrogens with zero attached hydrogens (tertiary/aromatic N) is 2.